The summed E-state index contributed by atoms with van der Waals surface area (Å²) in [4.78, 5) is 36.8. The fourth-order valence-corrected chi connectivity index (χ4v) is 2.31. The van der Waals surface area contributed by atoms with Crippen LogP contribution in [0.3, 0.4) is 0 Å². The molecule has 8 heteroatoms. The Labute approximate surface area is 104 Å². The standard InChI is InChI=1S/C10H6N2O5S/c13-7(10(16)17)12-5-4-2-1-3-11-8(4)18-6(5)9(14)15/h1-3H,(H,12,13)(H,14,15)(H,16,17). The summed E-state index contributed by atoms with van der Waals surface area (Å²) in [6.45, 7) is 0. The third-order valence-electron chi connectivity index (χ3n) is 2.09. The molecule has 92 valence electrons. The van der Waals surface area contributed by atoms with Crippen molar-refractivity contribution in [3.8, 4) is 0 Å². The number of carboxylic acids is 2. The molecule has 0 aliphatic heterocycles. The Bertz CT molecular complexity index is 663. The Kier molecular flexibility index (Phi) is 2.94. The predicted molar refractivity (Wildman–Crippen MR) is 62.8 cm³/mol. The topological polar surface area (TPSA) is 117 Å². The minimum Gasteiger partial charge on any atom is -0.477 e. The van der Waals surface area contributed by atoms with Gasteiger partial charge < -0.3 is 15.5 Å². The number of aliphatic carboxylic acids is 1. The van der Waals surface area contributed by atoms with Gasteiger partial charge in [-0.3, -0.25) is 4.79 Å². The lowest BCUT2D eigenvalue weighted by Gasteiger charge is -2.01. The van der Waals surface area contributed by atoms with Crippen molar-refractivity contribution >= 4 is 45.1 Å². The summed E-state index contributed by atoms with van der Waals surface area (Å²) in [5, 5.41) is 20.0. The van der Waals surface area contributed by atoms with Crippen molar-refractivity contribution in [2.24, 2.45) is 0 Å². The molecular weight excluding hydrogens is 260 g/mol. The summed E-state index contributed by atoms with van der Waals surface area (Å²) in [6, 6.07) is 3.12. The lowest BCUT2D eigenvalue weighted by Crippen LogP contribution is -2.22. The number of amides is 1. The quantitative estimate of drug-likeness (QED) is 0.698. The molecule has 18 heavy (non-hydrogen) atoms. The molecule has 0 bridgehead atoms. The van der Waals surface area contributed by atoms with Crippen LogP contribution in [0.4, 0.5) is 5.69 Å². The maximum Gasteiger partial charge on any atom is 0.394 e. The first-order chi connectivity index (χ1) is 8.50. The number of nitrogens with one attached hydrogen (secondary N) is 1. The highest BCUT2D eigenvalue weighted by Gasteiger charge is 2.22. The number of carboxylic acid groups (broad SMARTS) is 2. The van der Waals surface area contributed by atoms with Gasteiger partial charge >= 0.3 is 17.8 Å². The first-order valence-electron chi connectivity index (χ1n) is 4.65. The van der Waals surface area contributed by atoms with E-state index in [1.165, 1.54) is 6.20 Å². The normalized spacial score (nSPS) is 10.2. The molecule has 0 radical (unpaired) electrons. The molecular formula is C10H6N2O5S. The Morgan fingerprint density at radius 3 is 2.61 bits per heavy atom. The molecule has 0 spiro atoms. The molecule has 2 aromatic rings. The first kappa shape index (κ1) is 12.0. The molecule has 0 atom stereocenters. The number of rotatable bonds is 2. The third-order valence-corrected chi connectivity index (χ3v) is 3.19. The summed E-state index contributed by atoms with van der Waals surface area (Å²) in [7, 11) is 0. The average Bonchev–Trinajstić information content (AvgIpc) is 2.68. The Hall–Kier alpha value is -2.48. The van der Waals surface area contributed by atoms with Gasteiger partial charge in [-0.05, 0) is 12.1 Å². The molecule has 3 N–H and O–H groups in total. The van der Waals surface area contributed by atoms with Gasteiger partial charge in [-0.2, -0.15) is 0 Å². The fraction of sp³-hybridized carbons (Fsp3) is 0. The van der Waals surface area contributed by atoms with Crippen molar-refractivity contribution in [2.75, 3.05) is 5.32 Å². The van der Waals surface area contributed by atoms with Crippen LogP contribution in [0.5, 0.6) is 0 Å². The number of carbonyl (C=O) groups excluding carboxylic acids is 1. The highest BCUT2D eigenvalue weighted by molar-refractivity contribution is 7.21. The van der Waals surface area contributed by atoms with Gasteiger partial charge in [0.05, 0.1) is 5.69 Å². The van der Waals surface area contributed by atoms with E-state index in [-0.39, 0.29) is 10.6 Å². The van der Waals surface area contributed by atoms with E-state index in [0.29, 0.717) is 10.2 Å². The zero-order chi connectivity index (χ0) is 13.3. The summed E-state index contributed by atoms with van der Waals surface area (Å²) in [5.74, 6) is -4.23. The lowest BCUT2D eigenvalue weighted by molar-refractivity contribution is -0.147. The van der Waals surface area contributed by atoms with Gasteiger partial charge in [0.15, 0.2) is 0 Å². The maximum atomic E-state index is 11.1. The highest BCUT2D eigenvalue weighted by Crippen LogP contribution is 2.34. The highest BCUT2D eigenvalue weighted by atomic mass is 32.1. The molecule has 2 rings (SSSR count). The van der Waals surface area contributed by atoms with Crippen LogP contribution in [0.15, 0.2) is 18.3 Å². The Balaban J connectivity index is 2.58. The van der Waals surface area contributed by atoms with E-state index < -0.39 is 17.8 Å². The minimum absolute atomic E-state index is 0.0389. The number of nitrogens with zero attached hydrogens (tertiary/aromatic N) is 1. The second-order valence-electron chi connectivity index (χ2n) is 3.23. The van der Waals surface area contributed by atoms with Gasteiger partial charge in [-0.25, -0.2) is 14.6 Å². The number of aromatic nitrogens is 1. The molecule has 0 aromatic carbocycles. The first-order valence-corrected chi connectivity index (χ1v) is 5.47. The van der Waals surface area contributed by atoms with E-state index in [1.807, 2.05) is 0 Å². The summed E-state index contributed by atoms with van der Waals surface area (Å²) in [6.07, 6.45) is 1.48. The molecule has 0 saturated heterocycles. The largest absolute Gasteiger partial charge is 0.477 e. The second-order valence-corrected chi connectivity index (χ2v) is 4.23. The molecule has 0 fully saturated rings. The van der Waals surface area contributed by atoms with Crippen molar-refractivity contribution in [1.82, 2.24) is 4.98 Å². The number of aromatic carboxylic acids is 1. The number of thiophene rings is 1. The molecule has 2 aromatic heterocycles. The zero-order valence-electron chi connectivity index (χ0n) is 8.71. The van der Waals surface area contributed by atoms with Crippen molar-refractivity contribution in [1.29, 1.82) is 0 Å². The third kappa shape index (κ3) is 2.00. The SMILES string of the molecule is O=C(O)C(=O)Nc1c(C(=O)O)sc2ncccc12. The van der Waals surface area contributed by atoms with Gasteiger partial charge in [0, 0.05) is 11.6 Å². The van der Waals surface area contributed by atoms with E-state index in [4.69, 9.17) is 10.2 Å². The van der Waals surface area contributed by atoms with Crippen molar-refractivity contribution in [3.63, 3.8) is 0 Å². The molecule has 0 unspecified atom stereocenters. The van der Waals surface area contributed by atoms with Crippen molar-refractivity contribution < 1.29 is 24.6 Å². The average molecular weight is 266 g/mol. The smallest absolute Gasteiger partial charge is 0.394 e. The van der Waals surface area contributed by atoms with E-state index in [0.717, 1.165) is 11.3 Å². The predicted octanol–water partition coefficient (Wildman–Crippen LogP) is 1.02. The number of fused-ring (bicyclic) bond motifs is 1. The van der Waals surface area contributed by atoms with Gasteiger partial charge in [0.1, 0.15) is 9.71 Å². The molecule has 1 amide bonds. The van der Waals surface area contributed by atoms with Gasteiger partial charge in [0.2, 0.25) is 0 Å². The summed E-state index contributed by atoms with van der Waals surface area (Å²) >= 11 is 0.867. The van der Waals surface area contributed by atoms with Crippen LogP contribution in [0, 0.1) is 0 Å². The Morgan fingerprint density at radius 1 is 1.28 bits per heavy atom. The van der Waals surface area contributed by atoms with Gasteiger partial charge in [-0.15, -0.1) is 11.3 Å². The number of anilines is 1. The van der Waals surface area contributed by atoms with Crippen LogP contribution < -0.4 is 5.32 Å². The number of hydrogen-bond acceptors (Lipinski definition) is 5. The second kappa shape index (κ2) is 4.41. The minimum atomic E-state index is -1.69. The maximum absolute atomic E-state index is 11.1. The lowest BCUT2D eigenvalue weighted by atomic mass is 10.2. The van der Waals surface area contributed by atoms with Crippen LogP contribution in [-0.4, -0.2) is 33.0 Å². The van der Waals surface area contributed by atoms with Crippen LogP contribution in [0.2, 0.25) is 0 Å². The molecule has 0 aliphatic carbocycles. The van der Waals surface area contributed by atoms with Crippen molar-refractivity contribution in [2.45, 2.75) is 0 Å². The van der Waals surface area contributed by atoms with E-state index in [1.54, 1.807) is 12.1 Å². The number of hydrogen-bond donors (Lipinski definition) is 3. The van der Waals surface area contributed by atoms with Crippen LogP contribution in [-0.2, 0) is 9.59 Å². The molecule has 0 saturated carbocycles. The number of pyridine rings is 1. The molecule has 7 nitrogen and oxygen atoms in total. The van der Waals surface area contributed by atoms with E-state index in [9.17, 15) is 14.4 Å². The Morgan fingerprint density at radius 2 is 2.00 bits per heavy atom. The van der Waals surface area contributed by atoms with Crippen LogP contribution in [0.25, 0.3) is 10.2 Å². The molecule has 2 heterocycles. The molecule has 0 aliphatic rings. The fourth-order valence-electron chi connectivity index (χ4n) is 1.37. The van der Waals surface area contributed by atoms with Crippen LogP contribution >= 0.6 is 11.3 Å². The summed E-state index contributed by atoms with van der Waals surface area (Å²) in [5.41, 5.74) is -0.0389. The van der Waals surface area contributed by atoms with Gasteiger partial charge in [0.25, 0.3) is 0 Å². The van der Waals surface area contributed by atoms with E-state index in [2.05, 4.69) is 10.3 Å². The van der Waals surface area contributed by atoms with Gasteiger partial charge in [-0.1, -0.05) is 0 Å². The monoisotopic (exact) mass is 266 g/mol. The number of carbonyl (C=O) groups is 3. The van der Waals surface area contributed by atoms with Crippen molar-refractivity contribution in [3.05, 3.63) is 23.2 Å². The van der Waals surface area contributed by atoms with Crippen LogP contribution in [0.1, 0.15) is 9.67 Å². The zero-order valence-corrected chi connectivity index (χ0v) is 9.52. The van der Waals surface area contributed by atoms with E-state index >= 15 is 0 Å². The summed E-state index contributed by atoms with van der Waals surface area (Å²) < 4.78 is 0.